The van der Waals surface area contributed by atoms with E-state index < -0.39 is 15.9 Å². The van der Waals surface area contributed by atoms with Crippen molar-refractivity contribution >= 4 is 33.3 Å². The number of ether oxygens (including phenoxy) is 1. The molecule has 0 unspecified atom stereocenters. The number of nitrogens with zero attached hydrogens (tertiary/aromatic N) is 3. The molecule has 2 atom stereocenters. The van der Waals surface area contributed by atoms with Crippen LogP contribution < -0.4 is 5.32 Å². The third kappa shape index (κ3) is 4.29. The zero-order valence-corrected chi connectivity index (χ0v) is 17.9. The third-order valence-electron chi connectivity index (χ3n) is 4.52. The number of carbonyl (C=O) groups is 1. The highest BCUT2D eigenvalue weighted by molar-refractivity contribution is 7.89. The van der Waals surface area contributed by atoms with Gasteiger partial charge in [-0.2, -0.15) is 4.31 Å². The molecule has 1 N–H and O–H groups in total. The summed E-state index contributed by atoms with van der Waals surface area (Å²) in [5.74, 6) is -0.162. The molecule has 1 fully saturated rings. The summed E-state index contributed by atoms with van der Waals surface area (Å²) < 4.78 is 38.3. The largest absolute Gasteiger partial charge is 0.402 e. The van der Waals surface area contributed by atoms with E-state index in [0.717, 1.165) is 4.88 Å². The molecular weight excluding hydrogens is 428 g/mol. The van der Waals surface area contributed by atoms with Crippen molar-refractivity contribution in [2.24, 2.45) is 0 Å². The van der Waals surface area contributed by atoms with Crippen LogP contribution in [-0.4, -0.2) is 54.1 Å². The average molecular weight is 449 g/mol. The van der Waals surface area contributed by atoms with Gasteiger partial charge in [0.1, 0.15) is 0 Å². The van der Waals surface area contributed by atoms with Crippen LogP contribution in [0.1, 0.15) is 24.2 Å². The molecule has 1 aliphatic rings. The summed E-state index contributed by atoms with van der Waals surface area (Å²) in [4.78, 5) is 13.4. The minimum absolute atomic E-state index is 0.0311. The predicted octanol–water partition coefficient (Wildman–Crippen LogP) is 2.85. The molecule has 11 heteroatoms. The van der Waals surface area contributed by atoms with Crippen LogP contribution >= 0.6 is 11.3 Å². The van der Waals surface area contributed by atoms with E-state index in [4.69, 9.17) is 9.15 Å². The quantitative estimate of drug-likeness (QED) is 0.638. The molecule has 1 amide bonds. The second-order valence-electron chi connectivity index (χ2n) is 6.95. The number of anilines is 1. The topological polar surface area (TPSA) is 115 Å². The van der Waals surface area contributed by atoms with E-state index >= 15 is 0 Å². The first-order valence-electron chi connectivity index (χ1n) is 9.27. The summed E-state index contributed by atoms with van der Waals surface area (Å²) in [5, 5.41) is 12.1. The van der Waals surface area contributed by atoms with Gasteiger partial charge in [-0.05, 0) is 49.6 Å². The zero-order chi connectivity index (χ0) is 21.3. The number of morpholine rings is 1. The summed E-state index contributed by atoms with van der Waals surface area (Å²) in [5.41, 5.74) is 0.272. The zero-order valence-electron chi connectivity index (χ0n) is 16.3. The van der Waals surface area contributed by atoms with E-state index in [0.29, 0.717) is 19.0 Å². The molecule has 0 saturated carbocycles. The average Bonchev–Trinajstić information content (AvgIpc) is 3.39. The molecule has 1 aliphatic heterocycles. The maximum absolute atomic E-state index is 12.9. The molecule has 1 saturated heterocycles. The van der Waals surface area contributed by atoms with Crippen molar-refractivity contribution < 1.29 is 22.4 Å². The number of benzene rings is 1. The first-order valence-corrected chi connectivity index (χ1v) is 11.6. The van der Waals surface area contributed by atoms with Crippen LogP contribution in [0.4, 0.5) is 6.01 Å². The van der Waals surface area contributed by atoms with Gasteiger partial charge in [0.05, 0.1) is 22.0 Å². The minimum Gasteiger partial charge on any atom is -0.402 e. The van der Waals surface area contributed by atoms with E-state index in [1.54, 1.807) is 0 Å². The fourth-order valence-electron chi connectivity index (χ4n) is 3.20. The minimum atomic E-state index is -3.67. The van der Waals surface area contributed by atoms with E-state index in [1.165, 1.54) is 39.9 Å². The highest BCUT2D eigenvalue weighted by Gasteiger charge is 2.32. The maximum Gasteiger partial charge on any atom is 0.322 e. The molecule has 2 aromatic heterocycles. The van der Waals surface area contributed by atoms with Gasteiger partial charge < -0.3 is 9.15 Å². The van der Waals surface area contributed by atoms with Crippen LogP contribution in [0.25, 0.3) is 10.8 Å². The number of aromatic nitrogens is 2. The smallest absolute Gasteiger partial charge is 0.322 e. The SMILES string of the molecule is C[C@H]1CN(S(=O)(=O)c2ccc(C(=O)Nc3nnc(-c4cccs4)o3)cc2)C[C@H](C)O1. The number of sulfonamides is 1. The Kier molecular flexibility index (Phi) is 5.69. The van der Waals surface area contributed by atoms with E-state index in [-0.39, 0.29) is 28.7 Å². The molecule has 4 rings (SSSR count). The molecule has 0 spiro atoms. The van der Waals surface area contributed by atoms with Gasteiger partial charge in [0.2, 0.25) is 10.0 Å². The Morgan fingerprint density at radius 2 is 1.83 bits per heavy atom. The lowest BCUT2D eigenvalue weighted by molar-refractivity contribution is -0.0440. The molecule has 3 aromatic rings. The first kappa shape index (κ1) is 20.7. The van der Waals surface area contributed by atoms with Crippen LogP contribution in [0, 0.1) is 0 Å². The summed E-state index contributed by atoms with van der Waals surface area (Å²) in [6, 6.07) is 9.39. The fourth-order valence-corrected chi connectivity index (χ4v) is 5.43. The molecule has 9 nitrogen and oxygen atoms in total. The van der Waals surface area contributed by atoms with Crippen molar-refractivity contribution in [3.05, 3.63) is 47.3 Å². The molecule has 30 heavy (non-hydrogen) atoms. The van der Waals surface area contributed by atoms with Crippen molar-refractivity contribution in [3.63, 3.8) is 0 Å². The van der Waals surface area contributed by atoms with Gasteiger partial charge in [0, 0.05) is 18.7 Å². The van der Waals surface area contributed by atoms with Gasteiger partial charge in [-0.15, -0.1) is 16.4 Å². The lowest BCUT2D eigenvalue weighted by Gasteiger charge is -2.34. The van der Waals surface area contributed by atoms with Crippen molar-refractivity contribution in [2.75, 3.05) is 18.4 Å². The van der Waals surface area contributed by atoms with Gasteiger partial charge in [0.15, 0.2) is 0 Å². The predicted molar refractivity (Wildman–Crippen MR) is 111 cm³/mol. The van der Waals surface area contributed by atoms with Crippen molar-refractivity contribution in [1.82, 2.24) is 14.5 Å². The van der Waals surface area contributed by atoms with Gasteiger partial charge >= 0.3 is 6.01 Å². The number of hydrogen-bond acceptors (Lipinski definition) is 8. The summed E-state index contributed by atoms with van der Waals surface area (Å²) in [6.07, 6.45) is -0.357. The third-order valence-corrected chi connectivity index (χ3v) is 7.22. The van der Waals surface area contributed by atoms with Gasteiger partial charge in [-0.3, -0.25) is 10.1 Å². The van der Waals surface area contributed by atoms with Crippen LogP contribution in [0.3, 0.4) is 0 Å². The Bertz CT molecular complexity index is 1120. The Morgan fingerprint density at radius 1 is 1.13 bits per heavy atom. The molecule has 158 valence electrons. The summed E-state index contributed by atoms with van der Waals surface area (Å²) >= 11 is 1.44. The second-order valence-corrected chi connectivity index (χ2v) is 9.83. The van der Waals surface area contributed by atoms with Crippen molar-refractivity contribution in [1.29, 1.82) is 0 Å². The number of rotatable bonds is 5. The van der Waals surface area contributed by atoms with Crippen LogP contribution in [-0.2, 0) is 14.8 Å². The van der Waals surface area contributed by atoms with Crippen LogP contribution in [0.5, 0.6) is 0 Å². The number of amides is 1. The molecule has 1 aromatic carbocycles. The van der Waals surface area contributed by atoms with E-state index in [2.05, 4.69) is 15.5 Å². The standard InChI is InChI=1S/C19H20N4O5S2/c1-12-10-23(11-13(2)27-12)30(25,26)15-7-5-14(6-8-15)17(24)20-19-22-21-18(28-19)16-4-3-9-29-16/h3-9,12-13H,10-11H2,1-2H3,(H,20,22,24)/t12-,13-/m0/s1. The Balaban J connectivity index is 1.46. The van der Waals surface area contributed by atoms with Crippen molar-refractivity contribution in [2.45, 2.75) is 31.0 Å². The van der Waals surface area contributed by atoms with Gasteiger partial charge in [-0.1, -0.05) is 11.2 Å². The summed E-state index contributed by atoms with van der Waals surface area (Å²) in [7, 11) is -3.67. The highest BCUT2D eigenvalue weighted by atomic mass is 32.2. The van der Waals surface area contributed by atoms with Gasteiger partial charge in [0.25, 0.3) is 11.8 Å². The Labute approximate surface area is 177 Å². The number of nitrogens with one attached hydrogen (secondary N) is 1. The number of hydrogen-bond donors (Lipinski definition) is 1. The summed E-state index contributed by atoms with van der Waals surface area (Å²) in [6.45, 7) is 4.26. The molecular formula is C19H20N4O5S2. The number of thiophene rings is 1. The molecule has 3 heterocycles. The second kappa shape index (κ2) is 8.26. The molecule has 0 radical (unpaired) electrons. The lowest BCUT2D eigenvalue weighted by Crippen LogP contribution is -2.48. The van der Waals surface area contributed by atoms with E-state index in [1.807, 2.05) is 31.4 Å². The van der Waals surface area contributed by atoms with Crippen LogP contribution in [0.15, 0.2) is 51.1 Å². The monoisotopic (exact) mass is 448 g/mol. The van der Waals surface area contributed by atoms with Crippen molar-refractivity contribution in [3.8, 4) is 10.8 Å². The first-order chi connectivity index (χ1) is 14.3. The maximum atomic E-state index is 12.9. The number of carbonyl (C=O) groups excluding carboxylic acids is 1. The Hall–Kier alpha value is -2.60. The highest BCUT2D eigenvalue weighted by Crippen LogP contribution is 2.25. The molecule has 0 bridgehead atoms. The van der Waals surface area contributed by atoms with E-state index in [9.17, 15) is 13.2 Å². The normalized spacial score (nSPS) is 20.2. The molecule has 0 aliphatic carbocycles. The Morgan fingerprint density at radius 3 is 2.47 bits per heavy atom. The van der Waals surface area contributed by atoms with Crippen LogP contribution in [0.2, 0.25) is 0 Å². The lowest BCUT2D eigenvalue weighted by atomic mass is 10.2. The fraction of sp³-hybridized carbons (Fsp3) is 0.316. The van der Waals surface area contributed by atoms with Gasteiger partial charge in [-0.25, -0.2) is 8.42 Å².